The molecular formula is C31H38N2O6. The average Bonchev–Trinajstić information content (AvgIpc) is 3.15. The van der Waals surface area contributed by atoms with Gasteiger partial charge in [-0.1, -0.05) is 69.3 Å². The summed E-state index contributed by atoms with van der Waals surface area (Å²) in [5.41, 5.74) is 4.26. The summed E-state index contributed by atoms with van der Waals surface area (Å²) in [7, 11) is 0. The highest BCUT2D eigenvalue weighted by Gasteiger charge is 2.65. The Morgan fingerprint density at radius 1 is 1.03 bits per heavy atom. The van der Waals surface area contributed by atoms with E-state index in [0.717, 1.165) is 35.1 Å². The van der Waals surface area contributed by atoms with Gasteiger partial charge < -0.3 is 24.8 Å². The number of carboxylic acid groups (broad SMARTS) is 1. The van der Waals surface area contributed by atoms with Crippen molar-refractivity contribution < 1.29 is 29.0 Å². The van der Waals surface area contributed by atoms with Crippen molar-refractivity contribution in [2.45, 2.75) is 52.5 Å². The Labute approximate surface area is 229 Å². The monoisotopic (exact) mass is 534 g/mol. The highest BCUT2D eigenvalue weighted by atomic mass is 16.5. The predicted octanol–water partition coefficient (Wildman–Crippen LogP) is 5.51. The normalized spacial score (nSPS) is 24.2. The molecule has 2 atom stereocenters. The van der Waals surface area contributed by atoms with E-state index in [-0.39, 0.29) is 54.4 Å². The van der Waals surface area contributed by atoms with Gasteiger partial charge in [-0.05, 0) is 53.4 Å². The number of fused-ring (bicyclic) bond motifs is 3. The van der Waals surface area contributed by atoms with Crippen LogP contribution in [-0.4, -0.2) is 60.5 Å². The quantitative estimate of drug-likeness (QED) is 0.454. The van der Waals surface area contributed by atoms with Crippen LogP contribution in [0.25, 0.3) is 11.1 Å². The van der Waals surface area contributed by atoms with Crippen molar-refractivity contribution in [2.75, 3.05) is 26.3 Å². The van der Waals surface area contributed by atoms with E-state index in [9.17, 15) is 19.5 Å². The van der Waals surface area contributed by atoms with Gasteiger partial charge in [0.2, 0.25) is 0 Å². The second kappa shape index (κ2) is 10.2. The molecule has 39 heavy (non-hydrogen) atoms. The summed E-state index contributed by atoms with van der Waals surface area (Å²) in [6.07, 6.45) is -0.000292. The van der Waals surface area contributed by atoms with Crippen LogP contribution in [0.3, 0.4) is 0 Å². The zero-order valence-electron chi connectivity index (χ0n) is 23.1. The Hall–Kier alpha value is -3.55. The van der Waals surface area contributed by atoms with Crippen LogP contribution in [0.15, 0.2) is 48.5 Å². The molecule has 3 aliphatic rings. The van der Waals surface area contributed by atoms with Crippen molar-refractivity contribution in [3.8, 4) is 11.1 Å². The molecule has 5 rings (SSSR count). The number of esters is 1. The first-order valence-corrected chi connectivity index (χ1v) is 13.8. The smallest absolute Gasteiger partial charge is 0.407 e. The maximum atomic E-state index is 12.9. The summed E-state index contributed by atoms with van der Waals surface area (Å²) in [5.74, 6) is -0.868. The van der Waals surface area contributed by atoms with E-state index in [1.165, 1.54) is 4.90 Å². The summed E-state index contributed by atoms with van der Waals surface area (Å²) >= 11 is 0. The topological polar surface area (TPSA) is 105 Å². The Balaban J connectivity index is 1.20. The molecule has 2 amide bonds. The number of carbonyl (C=O) groups is 3. The van der Waals surface area contributed by atoms with Crippen LogP contribution in [0, 0.1) is 22.7 Å². The van der Waals surface area contributed by atoms with E-state index in [0.29, 0.717) is 6.54 Å². The number of nitrogens with zero attached hydrogens (tertiary/aromatic N) is 1. The number of rotatable bonds is 7. The molecule has 8 heteroatoms. The molecule has 2 aromatic rings. The van der Waals surface area contributed by atoms with Crippen LogP contribution in [0.5, 0.6) is 0 Å². The van der Waals surface area contributed by atoms with E-state index in [1.807, 2.05) is 24.3 Å². The lowest BCUT2D eigenvalue weighted by atomic mass is 9.47. The molecule has 0 radical (unpaired) electrons. The van der Waals surface area contributed by atoms with E-state index >= 15 is 0 Å². The number of benzene rings is 2. The number of ether oxygens (including phenoxy) is 2. The maximum Gasteiger partial charge on any atom is 0.407 e. The lowest BCUT2D eigenvalue weighted by Gasteiger charge is -2.68. The molecule has 2 unspecified atom stereocenters. The number of alkyl carbamates (subject to hydrolysis) is 1. The Morgan fingerprint density at radius 3 is 2.15 bits per heavy atom. The molecule has 1 heterocycles. The second-order valence-electron chi connectivity index (χ2n) is 12.3. The van der Waals surface area contributed by atoms with Crippen LogP contribution < -0.4 is 5.32 Å². The van der Waals surface area contributed by atoms with Gasteiger partial charge in [0.05, 0.1) is 12.5 Å². The van der Waals surface area contributed by atoms with Crippen molar-refractivity contribution in [1.29, 1.82) is 0 Å². The molecule has 1 aliphatic heterocycles. The van der Waals surface area contributed by atoms with Gasteiger partial charge in [0, 0.05) is 30.5 Å². The standard InChI is InChI=1S/C31H38N2O6/c1-5-38-26(34)24(19-14-31(15-19)18-33(29(36)37)27(31)30(2,3)4)16-32-28(35)39-17-25-22-12-8-6-10-20(22)21-11-7-9-13-23(21)25/h6-13,19,24-25,27H,5,14-18H2,1-4H3,(H,32,35)(H,36,37). The zero-order chi connectivity index (χ0) is 27.9. The van der Waals surface area contributed by atoms with Gasteiger partial charge in [0.1, 0.15) is 6.61 Å². The highest BCUT2D eigenvalue weighted by molar-refractivity contribution is 5.79. The number of carbonyl (C=O) groups excluding carboxylic acids is 2. The summed E-state index contributed by atoms with van der Waals surface area (Å²) in [6.45, 7) is 9.01. The number of amides is 2. The predicted molar refractivity (Wildman–Crippen MR) is 146 cm³/mol. The van der Waals surface area contributed by atoms with Gasteiger partial charge in [-0.15, -0.1) is 0 Å². The minimum Gasteiger partial charge on any atom is -0.466 e. The molecule has 0 bridgehead atoms. The van der Waals surface area contributed by atoms with Gasteiger partial charge in [-0.25, -0.2) is 9.59 Å². The summed E-state index contributed by atoms with van der Waals surface area (Å²) < 4.78 is 11.0. The Bertz CT molecular complexity index is 1220. The van der Waals surface area contributed by atoms with Crippen molar-refractivity contribution in [2.24, 2.45) is 22.7 Å². The fraction of sp³-hybridized carbons (Fsp3) is 0.516. The maximum absolute atomic E-state index is 12.9. The van der Waals surface area contributed by atoms with Crippen LogP contribution in [-0.2, 0) is 14.3 Å². The van der Waals surface area contributed by atoms with Gasteiger partial charge >= 0.3 is 18.2 Å². The van der Waals surface area contributed by atoms with Gasteiger partial charge in [0.15, 0.2) is 0 Å². The molecule has 0 aromatic heterocycles. The minimum absolute atomic E-state index is 0.0127. The third-order valence-corrected chi connectivity index (χ3v) is 8.75. The van der Waals surface area contributed by atoms with Crippen molar-refractivity contribution in [3.63, 3.8) is 0 Å². The largest absolute Gasteiger partial charge is 0.466 e. The average molecular weight is 535 g/mol. The zero-order valence-corrected chi connectivity index (χ0v) is 23.1. The molecule has 2 fully saturated rings. The molecule has 2 N–H and O–H groups in total. The lowest BCUT2D eigenvalue weighted by Crippen LogP contribution is -2.74. The van der Waals surface area contributed by atoms with E-state index in [1.54, 1.807) is 6.92 Å². The second-order valence-corrected chi connectivity index (χ2v) is 12.3. The van der Waals surface area contributed by atoms with E-state index in [4.69, 9.17) is 9.47 Å². The van der Waals surface area contributed by atoms with E-state index in [2.05, 4.69) is 50.4 Å². The molecule has 1 saturated carbocycles. The molecular weight excluding hydrogens is 496 g/mol. The van der Waals surface area contributed by atoms with Crippen LogP contribution >= 0.6 is 0 Å². The molecule has 2 aromatic carbocycles. The lowest BCUT2D eigenvalue weighted by molar-refractivity contribution is -0.188. The van der Waals surface area contributed by atoms with Crippen LogP contribution in [0.4, 0.5) is 9.59 Å². The SMILES string of the molecule is CCOC(=O)C(CNC(=O)OCC1c2ccccc2-c2ccccc21)C1CC2(C1)CN(C(=O)O)C2C(C)(C)C. The first kappa shape index (κ1) is 27.0. The fourth-order valence-electron chi connectivity index (χ4n) is 7.46. The first-order chi connectivity index (χ1) is 18.6. The minimum atomic E-state index is -0.900. The Kier molecular flexibility index (Phi) is 7.08. The number of likely N-dealkylation sites (tertiary alicyclic amines) is 1. The van der Waals surface area contributed by atoms with E-state index < -0.39 is 18.1 Å². The number of nitrogens with one attached hydrogen (secondary N) is 1. The summed E-state index contributed by atoms with van der Waals surface area (Å²) in [6, 6.07) is 16.2. The number of hydrogen-bond donors (Lipinski definition) is 2. The molecule has 208 valence electrons. The first-order valence-electron chi connectivity index (χ1n) is 13.8. The molecule has 2 aliphatic carbocycles. The van der Waals surface area contributed by atoms with Crippen LogP contribution in [0.2, 0.25) is 0 Å². The summed E-state index contributed by atoms with van der Waals surface area (Å²) in [4.78, 5) is 38.9. The summed E-state index contributed by atoms with van der Waals surface area (Å²) in [5, 5.41) is 12.4. The molecule has 1 spiro atoms. The van der Waals surface area contributed by atoms with Crippen molar-refractivity contribution in [1.82, 2.24) is 10.2 Å². The van der Waals surface area contributed by atoms with Gasteiger partial charge in [0.25, 0.3) is 0 Å². The molecule has 8 nitrogen and oxygen atoms in total. The fourth-order valence-corrected chi connectivity index (χ4v) is 7.46. The third-order valence-electron chi connectivity index (χ3n) is 8.75. The van der Waals surface area contributed by atoms with Gasteiger partial charge in [-0.3, -0.25) is 4.79 Å². The van der Waals surface area contributed by atoms with Crippen molar-refractivity contribution >= 4 is 18.2 Å². The highest BCUT2D eigenvalue weighted by Crippen LogP contribution is 2.62. The third kappa shape index (κ3) is 4.85. The molecule has 1 saturated heterocycles. The van der Waals surface area contributed by atoms with Crippen LogP contribution in [0.1, 0.15) is 57.6 Å². The number of hydrogen-bond acceptors (Lipinski definition) is 5. The van der Waals surface area contributed by atoms with Crippen molar-refractivity contribution in [3.05, 3.63) is 59.7 Å². The Morgan fingerprint density at radius 2 is 1.62 bits per heavy atom. The van der Waals surface area contributed by atoms with Gasteiger partial charge in [-0.2, -0.15) is 0 Å².